The number of hydrogen-bond acceptors (Lipinski definition) is 4. The number of hydrogen-bond donors (Lipinski definition) is 1. The van der Waals surface area contributed by atoms with Crippen LogP contribution in [0.5, 0.6) is 0 Å². The predicted octanol–water partition coefficient (Wildman–Crippen LogP) is 1.70. The third-order valence-electron chi connectivity index (χ3n) is 3.43. The largest absolute Gasteiger partial charge is 0.393 e. The monoisotopic (exact) mass is 266 g/mol. The van der Waals surface area contributed by atoms with Crippen LogP contribution in [0.3, 0.4) is 0 Å². The zero-order valence-corrected chi connectivity index (χ0v) is 11.7. The summed E-state index contributed by atoms with van der Waals surface area (Å²) in [4.78, 5) is 0. The second kappa shape index (κ2) is 6.26. The Morgan fingerprint density at radius 1 is 1.44 bits per heavy atom. The molecule has 0 heterocycles. The molecule has 16 heavy (non-hydrogen) atoms. The fourth-order valence-electron chi connectivity index (χ4n) is 2.39. The standard InChI is InChI=1S/C11H22O3S2/c1-15-7-6-11(12)9-4-3-5-10(8-9)16(2,13)14/h9-12H,3-8H2,1-2H3. The maximum absolute atomic E-state index is 11.5. The summed E-state index contributed by atoms with van der Waals surface area (Å²) >= 11 is 1.72. The van der Waals surface area contributed by atoms with Gasteiger partial charge in [0.15, 0.2) is 0 Å². The van der Waals surface area contributed by atoms with E-state index in [1.807, 2.05) is 6.26 Å². The van der Waals surface area contributed by atoms with Crippen LogP contribution in [0.1, 0.15) is 32.1 Å². The van der Waals surface area contributed by atoms with Crippen LogP contribution in [0.25, 0.3) is 0 Å². The molecule has 1 aliphatic carbocycles. The minimum atomic E-state index is -2.93. The molecular weight excluding hydrogens is 244 g/mol. The molecule has 0 saturated heterocycles. The minimum Gasteiger partial charge on any atom is -0.393 e. The van der Waals surface area contributed by atoms with Crippen molar-refractivity contribution >= 4 is 21.6 Å². The van der Waals surface area contributed by atoms with Gasteiger partial charge in [-0.2, -0.15) is 11.8 Å². The van der Waals surface area contributed by atoms with Crippen molar-refractivity contribution in [1.29, 1.82) is 0 Å². The Hall–Kier alpha value is 0.260. The van der Waals surface area contributed by atoms with E-state index >= 15 is 0 Å². The summed E-state index contributed by atoms with van der Waals surface area (Å²) in [7, 11) is -2.93. The summed E-state index contributed by atoms with van der Waals surface area (Å²) in [5.74, 6) is 1.13. The van der Waals surface area contributed by atoms with Gasteiger partial charge in [-0.3, -0.25) is 0 Å². The lowest BCUT2D eigenvalue weighted by molar-refractivity contribution is 0.0834. The van der Waals surface area contributed by atoms with E-state index in [9.17, 15) is 13.5 Å². The molecule has 0 radical (unpaired) electrons. The molecule has 1 rings (SSSR count). The molecule has 0 aliphatic heterocycles. The fraction of sp³-hybridized carbons (Fsp3) is 1.00. The second-order valence-corrected chi connectivity index (χ2v) is 8.04. The van der Waals surface area contributed by atoms with Gasteiger partial charge in [0.05, 0.1) is 11.4 Å². The van der Waals surface area contributed by atoms with E-state index in [4.69, 9.17) is 0 Å². The first-order chi connectivity index (χ1) is 7.45. The Balaban J connectivity index is 2.50. The normalized spacial score (nSPS) is 28.9. The Kier molecular flexibility index (Phi) is 5.61. The van der Waals surface area contributed by atoms with Crippen molar-refractivity contribution in [3.63, 3.8) is 0 Å². The van der Waals surface area contributed by atoms with Gasteiger partial charge in [-0.25, -0.2) is 8.42 Å². The highest BCUT2D eigenvalue weighted by molar-refractivity contribution is 7.98. The number of aliphatic hydroxyl groups is 1. The quantitative estimate of drug-likeness (QED) is 0.823. The van der Waals surface area contributed by atoms with E-state index in [0.717, 1.165) is 31.4 Å². The predicted molar refractivity (Wildman–Crippen MR) is 69.6 cm³/mol. The third-order valence-corrected chi connectivity index (χ3v) is 5.72. The van der Waals surface area contributed by atoms with Crippen LogP contribution in [0, 0.1) is 5.92 Å². The summed E-state index contributed by atoms with van der Waals surface area (Å²) in [5, 5.41) is 9.75. The Labute approximate surface area is 103 Å². The zero-order valence-electron chi connectivity index (χ0n) is 10.1. The SMILES string of the molecule is CSCCC(O)C1CCCC(S(C)(=O)=O)C1. The van der Waals surface area contributed by atoms with Crippen LogP contribution in [-0.4, -0.2) is 43.1 Å². The van der Waals surface area contributed by atoms with Crippen molar-refractivity contribution in [2.75, 3.05) is 18.3 Å². The molecule has 1 aliphatic rings. The number of aliphatic hydroxyl groups excluding tert-OH is 1. The molecule has 0 amide bonds. The number of sulfone groups is 1. The van der Waals surface area contributed by atoms with E-state index in [-0.39, 0.29) is 17.3 Å². The molecule has 3 nitrogen and oxygen atoms in total. The van der Waals surface area contributed by atoms with Gasteiger partial charge in [0.1, 0.15) is 9.84 Å². The van der Waals surface area contributed by atoms with Gasteiger partial charge < -0.3 is 5.11 Å². The summed E-state index contributed by atoms with van der Waals surface area (Å²) in [6.45, 7) is 0. The molecule has 1 N–H and O–H groups in total. The van der Waals surface area contributed by atoms with Gasteiger partial charge in [0.2, 0.25) is 0 Å². The molecule has 1 saturated carbocycles. The minimum absolute atomic E-state index is 0.181. The lowest BCUT2D eigenvalue weighted by atomic mass is 9.84. The van der Waals surface area contributed by atoms with Crippen molar-refractivity contribution in [3.05, 3.63) is 0 Å². The van der Waals surface area contributed by atoms with E-state index in [0.29, 0.717) is 6.42 Å². The fourth-order valence-corrected chi connectivity index (χ4v) is 4.06. The summed E-state index contributed by atoms with van der Waals surface area (Å²) in [5.41, 5.74) is 0. The van der Waals surface area contributed by atoms with Gasteiger partial charge in [-0.05, 0) is 43.6 Å². The Morgan fingerprint density at radius 3 is 2.69 bits per heavy atom. The van der Waals surface area contributed by atoms with Crippen LogP contribution in [0.4, 0.5) is 0 Å². The van der Waals surface area contributed by atoms with E-state index < -0.39 is 9.84 Å². The first kappa shape index (κ1) is 14.3. The highest BCUT2D eigenvalue weighted by Crippen LogP contribution is 2.31. The highest BCUT2D eigenvalue weighted by Gasteiger charge is 2.31. The van der Waals surface area contributed by atoms with E-state index in [1.54, 1.807) is 11.8 Å². The van der Waals surface area contributed by atoms with Gasteiger partial charge in [0.25, 0.3) is 0 Å². The van der Waals surface area contributed by atoms with Crippen LogP contribution in [0.15, 0.2) is 0 Å². The van der Waals surface area contributed by atoms with Gasteiger partial charge in [0, 0.05) is 6.26 Å². The van der Waals surface area contributed by atoms with Crippen molar-refractivity contribution in [2.45, 2.75) is 43.5 Å². The maximum Gasteiger partial charge on any atom is 0.150 e. The zero-order chi connectivity index (χ0) is 12.2. The molecule has 3 atom stereocenters. The molecule has 96 valence electrons. The maximum atomic E-state index is 11.5. The Morgan fingerprint density at radius 2 is 2.12 bits per heavy atom. The number of rotatable bonds is 5. The van der Waals surface area contributed by atoms with Crippen LogP contribution < -0.4 is 0 Å². The lowest BCUT2D eigenvalue weighted by Gasteiger charge is -2.31. The van der Waals surface area contributed by atoms with Crippen molar-refractivity contribution in [3.8, 4) is 0 Å². The molecule has 0 bridgehead atoms. The smallest absolute Gasteiger partial charge is 0.150 e. The number of thioether (sulfide) groups is 1. The van der Waals surface area contributed by atoms with Gasteiger partial charge in [-0.1, -0.05) is 6.42 Å². The molecule has 0 aromatic carbocycles. The first-order valence-corrected chi connectivity index (χ1v) is 9.16. The summed E-state index contributed by atoms with van der Waals surface area (Å²) < 4.78 is 23.0. The molecule has 0 aromatic rings. The van der Waals surface area contributed by atoms with Crippen LogP contribution >= 0.6 is 11.8 Å². The summed E-state index contributed by atoms with van der Waals surface area (Å²) in [6, 6.07) is 0. The molecule has 5 heteroatoms. The second-order valence-electron chi connectivity index (χ2n) is 4.73. The topological polar surface area (TPSA) is 54.4 Å². The molecule has 0 aromatic heterocycles. The summed E-state index contributed by atoms with van der Waals surface area (Å²) in [6.07, 6.45) is 7.11. The van der Waals surface area contributed by atoms with E-state index in [2.05, 4.69) is 0 Å². The average Bonchev–Trinajstić information content (AvgIpc) is 2.25. The molecule has 0 spiro atoms. The van der Waals surface area contributed by atoms with Crippen molar-refractivity contribution in [1.82, 2.24) is 0 Å². The Bertz CT molecular complexity index is 300. The van der Waals surface area contributed by atoms with Gasteiger partial charge in [-0.15, -0.1) is 0 Å². The first-order valence-electron chi connectivity index (χ1n) is 5.81. The molecule has 1 fully saturated rings. The third kappa shape index (κ3) is 4.26. The molecular formula is C11H22O3S2. The molecule has 3 unspecified atom stereocenters. The highest BCUT2D eigenvalue weighted by atomic mass is 32.2. The van der Waals surface area contributed by atoms with Crippen molar-refractivity contribution < 1.29 is 13.5 Å². The van der Waals surface area contributed by atoms with Gasteiger partial charge >= 0.3 is 0 Å². The lowest BCUT2D eigenvalue weighted by Crippen LogP contribution is -2.33. The van der Waals surface area contributed by atoms with Crippen LogP contribution in [0.2, 0.25) is 0 Å². The van der Waals surface area contributed by atoms with E-state index in [1.165, 1.54) is 6.26 Å². The van der Waals surface area contributed by atoms with Crippen molar-refractivity contribution in [2.24, 2.45) is 5.92 Å². The average molecular weight is 266 g/mol. The van der Waals surface area contributed by atoms with Crippen LogP contribution in [-0.2, 0) is 9.84 Å².